The van der Waals surface area contributed by atoms with Crippen molar-refractivity contribution in [3.8, 4) is 5.75 Å². The molecule has 0 atom stereocenters. The van der Waals surface area contributed by atoms with E-state index in [1.165, 1.54) is 6.21 Å². The van der Waals surface area contributed by atoms with Crippen molar-refractivity contribution in [2.24, 2.45) is 4.99 Å². The molecule has 0 aliphatic carbocycles. The average Bonchev–Trinajstić information content (AvgIpc) is 2.67. The molecule has 7 nitrogen and oxygen atoms in total. The van der Waals surface area contributed by atoms with Crippen LogP contribution in [0.25, 0.3) is 10.9 Å². The molecule has 3 rings (SSSR count). The zero-order chi connectivity index (χ0) is 21.0. The van der Waals surface area contributed by atoms with Gasteiger partial charge >= 0.3 is 6.18 Å². The number of rotatable bonds is 6. The van der Waals surface area contributed by atoms with E-state index in [9.17, 15) is 23.1 Å². The van der Waals surface area contributed by atoms with Gasteiger partial charge in [0.25, 0.3) is 5.56 Å². The van der Waals surface area contributed by atoms with Crippen molar-refractivity contribution in [2.75, 3.05) is 52.4 Å². The predicted octanol–water partition coefficient (Wildman–Crippen LogP) is 1.28. The Labute approximate surface area is 165 Å². The number of fused-ring (bicyclic) bond motifs is 1. The van der Waals surface area contributed by atoms with E-state index in [1.807, 2.05) is 0 Å². The summed E-state index contributed by atoms with van der Waals surface area (Å²) in [6.45, 7) is 5.38. The minimum atomic E-state index is -4.54. The van der Waals surface area contributed by atoms with E-state index in [-0.39, 0.29) is 28.8 Å². The molecule has 0 unspecified atom stereocenters. The monoisotopic (exact) mass is 412 g/mol. The quantitative estimate of drug-likeness (QED) is 0.622. The van der Waals surface area contributed by atoms with Gasteiger partial charge in [-0.2, -0.15) is 13.2 Å². The second kappa shape index (κ2) is 8.93. The lowest BCUT2D eigenvalue weighted by Gasteiger charge is -2.33. The lowest BCUT2D eigenvalue weighted by molar-refractivity contribution is -0.137. The number of aromatic amines is 1. The fourth-order valence-corrected chi connectivity index (χ4v) is 3.33. The van der Waals surface area contributed by atoms with Gasteiger partial charge in [0, 0.05) is 50.9 Å². The first-order valence-corrected chi connectivity index (χ1v) is 9.31. The molecular formula is C19H23F3N4O3. The second-order valence-corrected chi connectivity index (χ2v) is 6.92. The summed E-state index contributed by atoms with van der Waals surface area (Å²) < 4.78 is 38.5. The Balaban J connectivity index is 1.66. The number of aliphatic hydroxyl groups excluding tert-OH is 1. The molecule has 3 N–H and O–H groups in total. The third-order valence-corrected chi connectivity index (χ3v) is 5.00. The number of halogens is 3. The van der Waals surface area contributed by atoms with Gasteiger partial charge in [0.05, 0.1) is 29.8 Å². The number of nitrogens with zero attached hydrogens (tertiary/aromatic N) is 3. The number of aromatic nitrogens is 1. The van der Waals surface area contributed by atoms with Gasteiger partial charge in [0.2, 0.25) is 0 Å². The molecule has 10 heteroatoms. The molecule has 1 saturated heterocycles. The highest BCUT2D eigenvalue weighted by Crippen LogP contribution is 2.33. The zero-order valence-corrected chi connectivity index (χ0v) is 15.7. The Morgan fingerprint density at radius 1 is 1.14 bits per heavy atom. The molecule has 2 heterocycles. The molecule has 1 aromatic carbocycles. The van der Waals surface area contributed by atoms with Crippen molar-refractivity contribution < 1.29 is 23.4 Å². The summed E-state index contributed by atoms with van der Waals surface area (Å²) in [4.78, 5) is 23.1. The Bertz CT molecular complexity index is 935. The lowest BCUT2D eigenvalue weighted by Crippen LogP contribution is -2.47. The largest absolute Gasteiger partial charge is 0.506 e. The predicted molar refractivity (Wildman–Crippen MR) is 104 cm³/mol. The number of alkyl halides is 3. The van der Waals surface area contributed by atoms with E-state index in [2.05, 4.69) is 19.8 Å². The molecule has 1 aromatic heterocycles. The van der Waals surface area contributed by atoms with E-state index < -0.39 is 17.3 Å². The highest BCUT2D eigenvalue weighted by molar-refractivity contribution is 5.94. The smallest absolute Gasteiger partial charge is 0.416 e. The molecule has 0 spiro atoms. The summed E-state index contributed by atoms with van der Waals surface area (Å²) in [6.07, 6.45) is -3.28. The van der Waals surface area contributed by atoms with Crippen LogP contribution in [0.4, 0.5) is 13.2 Å². The first-order valence-electron chi connectivity index (χ1n) is 9.31. The number of hydrogen-bond donors (Lipinski definition) is 3. The van der Waals surface area contributed by atoms with E-state index >= 15 is 0 Å². The number of hydrogen-bond acceptors (Lipinski definition) is 6. The normalized spacial score (nSPS) is 16.8. The van der Waals surface area contributed by atoms with Gasteiger partial charge in [-0.05, 0) is 18.2 Å². The first-order chi connectivity index (χ1) is 13.8. The Morgan fingerprint density at radius 3 is 2.41 bits per heavy atom. The summed E-state index contributed by atoms with van der Waals surface area (Å²) in [5.74, 6) is -0.390. The van der Waals surface area contributed by atoms with Crippen LogP contribution in [0.15, 0.2) is 28.0 Å². The molecule has 1 aliphatic heterocycles. The van der Waals surface area contributed by atoms with Crippen LogP contribution < -0.4 is 5.56 Å². The van der Waals surface area contributed by atoms with E-state index in [0.717, 1.165) is 44.4 Å². The number of H-pyrrole nitrogens is 1. The fraction of sp³-hybridized carbons (Fsp3) is 0.474. The van der Waals surface area contributed by atoms with Crippen LogP contribution >= 0.6 is 0 Å². The Morgan fingerprint density at radius 2 is 1.79 bits per heavy atom. The Kier molecular flexibility index (Phi) is 6.56. The minimum Gasteiger partial charge on any atom is -0.506 e. The van der Waals surface area contributed by atoms with Crippen molar-refractivity contribution in [3.63, 3.8) is 0 Å². The van der Waals surface area contributed by atoms with Crippen molar-refractivity contribution in [2.45, 2.75) is 6.18 Å². The lowest BCUT2D eigenvalue weighted by atomic mass is 10.1. The summed E-state index contributed by atoms with van der Waals surface area (Å²) in [6, 6.07) is 2.79. The molecular weight excluding hydrogens is 389 g/mol. The highest BCUT2D eigenvalue weighted by Gasteiger charge is 2.30. The summed E-state index contributed by atoms with van der Waals surface area (Å²) in [5, 5.41) is 19.4. The molecule has 0 bridgehead atoms. The van der Waals surface area contributed by atoms with Crippen LogP contribution in [-0.4, -0.2) is 83.6 Å². The van der Waals surface area contributed by atoms with Gasteiger partial charge in [-0.3, -0.25) is 19.6 Å². The number of aliphatic imine (C=N–C) groups is 1. The van der Waals surface area contributed by atoms with Crippen molar-refractivity contribution >= 4 is 17.1 Å². The van der Waals surface area contributed by atoms with E-state index in [1.54, 1.807) is 0 Å². The molecule has 158 valence electrons. The van der Waals surface area contributed by atoms with E-state index in [0.29, 0.717) is 19.6 Å². The molecule has 0 saturated carbocycles. The maximum absolute atomic E-state index is 12.8. The van der Waals surface area contributed by atoms with Gasteiger partial charge in [0.15, 0.2) is 0 Å². The number of aromatic hydroxyl groups is 1. The highest BCUT2D eigenvalue weighted by atomic mass is 19.4. The van der Waals surface area contributed by atoms with Gasteiger partial charge < -0.3 is 15.2 Å². The fourth-order valence-electron chi connectivity index (χ4n) is 3.33. The Hall–Kier alpha value is -2.43. The van der Waals surface area contributed by atoms with Gasteiger partial charge in [-0.15, -0.1) is 0 Å². The van der Waals surface area contributed by atoms with Crippen molar-refractivity contribution in [1.82, 2.24) is 14.8 Å². The van der Waals surface area contributed by atoms with Gasteiger partial charge in [-0.25, -0.2) is 0 Å². The first kappa shape index (κ1) is 21.3. The molecule has 0 radical (unpaired) electrons. The van der Waals surface area contributed by atoms with Crippen LogP contribution in [0.3, 0.4) is 0 Å². The molecule has 0 amide bonds. The third-order valence-electron chi connectivity index (χ3n) is 5.00. The SMILES string of the molecule is O=c1[nH]c2cc(C(F)(F)F)ccc2c(O)c1C=NCCN1CCN(CCO)CC1. The summed E-state index contributed by atoms with van der Waals surface area (Å²) >= 11 is 0. The van der Waals surface area contributed by atoms with Crippen LogP contribution in [0.2, 0.25) is 0 Å². The van der Waals surface area contributed by atoms with Crippen molar-refractivity contribution in [1.29, 1.82) is 0 Å². The topological polar surface area (TPSA) is 92.2 Å². The minimum absolute atomic E-state index is 0.0787. The van der Waals surface area contributed by atoms with Crippen LogP contribution in [0.1, 0.15) is 11.1 Å². The summed E-state index contributed by atoms with van der Waals surface area (Å²) in [5.41, 5.74) is -1.76. The number of aliphatic hydroxyl groups is 1. The molecule has 29 heavy (non-hydrogen) atoms. The molecule has 1 fully saturated rings. The maximum atomic E-state index is 12.8. The van der Waals surface area contributed by atoms with Gasteiger partial charge in [-0.1, -0.05) is 0 Å². The van der Waals surface area contributed by atoms with Crippen molar-refractivity contribution in [3.05, 3.63) is 39.7 Å². The molecule has 1 aliphatic rings. The third kappa shape index (κ3) is 5.14. The number of β-amino-alcohol motifs (C(OH)–C–C–N with tert-alkyl or cyclic N) is 1. The zero-order valence-electron chi connectivity index (χ0n) is 15.7. The van der Waals surface area contributed by atoms with Crippen LogP contribution in [0.5, 0.6) is 5.75 Å². The summed E-state index contributed by atoms with van der Waals surface area (Å²) in [7, 11) is 0. The average molecular weight is 412 g/mol. The number of benzene rings is 1. The number of pyridine rings is 1. The van der Waals surface area contributed by atoms with Crippen LogP contribution in [-0.2, 0) is 6.18 Å². The maximum Gasteiger partial charge on any atom is 0.416 e. The standard InChI is InChI=1S/C19H23F3N4O3/c20-19(21,22)13-1-2-14-16(11-13)24-18(29)15(17(14)28)12-23-3-4-25-5-7-26(8-6-25)9-10-27/h1-2,11-12,27H,3-10H2,(H2,24,28,29). The number of nitrogens with one attached hydrogen (secondary N) is 1. The van der Waals surface area contributed by atoms with Crippen LogP contribution in [0, 0.1) is 0 Å². The molecule has 2 aromatic rings. The second-order valence-electron chi connectivity index (χ2n) is 6.92. The number of piperazine rings is 1. The van der Waals surface area contributed by atoms with E-state index in [4.69, 9.17) is 5.11 Å². The van der Waals surface area contributed by atoms with Gasteiger partial charge in [0.1, 0.15) is 5.75 Å².